The zero-order chi connectivity index (χ0) is 25.9. The van der Waals surface area contributed by atoms with Gasteiger partial charge in [-0.05, 0) is 28.8 Å². The van der Waals surface area contributed by atoms with E-state index in [-0.39, 0.29) is 18.4 Å². The lowest BCUT2D eigenvalue weighted by Crippen LogP contribution is -2.47. The Kier molecular flexibility index (Phi) is 9.63. The van der Waals surface area contributed by atoms with E-state index in [0.29, 0.717) is 19.0 Å². The molecule has 0 aliphatic carbocycles. The number of piperazine rings is 1. The molecule has 1 fully saturated rings. The zero-order valence-corrected chi connectivity index (χ0v) is 21.0. The molecule has 37 heavy (non-hydrogen) atoms. The topological polar surface area (TPSA) is 110 Å². The molecule has 3 aromatic rings. The molecule has 4 N–H and O–H groups in total. The number of ether oxygens (including phenoxy) is 1. The van der Waals surface area contributed by atoms with E-state index in [2.05, 4.69) is 68.7 Å². The van der Waals surface area contributed by atoms with Gasteiger partial charge in [0.05, 0.1) is 25.3 Å². The van der Waals surface area contributed by atoms with Crippen LogP contribution in [0.15, 0.2) is 83.9 Å². The first-order chi connectivity index (χ1) is 18.2. The summed E-state index contributed by atoms with van der Waals surface area (Å²) >= 11 is 0. The monoisotopic (exact) mass is 498 g/mol. The van der Waals surface area contributed by atoms with Crippen LogP contribution >= 0.6 is 0 Å². The van der Waals surface area contributed by atoms with Gasteiger partial charge in [-0.1, -0.05) is 66.7 Å². The van der Waals surface area contributed by atoms with Crippen molar-refractivity contribution in [3.05, 3.63) is 101 Å². The van der Waals surface area contributed by atoms with Gasteiger partial charge in [-0.25, -0.2) is 5.84 Å². The maximum absolute atomic E-state index is 10.2. The van der Waals surface area contributed by atoms with Crippen molar-refractivity contribution in [1.29, 1.82) is 5.26 Å². The molecule has 1 aliphatic heterocycles. The first-order valence-corrected chi connectivity index (χ1v) is 12.5. The summed E-state index contributed by atoms with van der Waals surface area (Å²) in [6, 6.07) is 28.3. The third kappa shape index (κ3) is 7.38. The van der Waals surface area contributed by atoms with Crippen molar-refractivity contribution in [2.75, 3.05) is 45.9 Å². The summed E-state index contributed by atoms with van der Waals surface area (Å²) < 4.78 is 5.16. The second kappa shape index (κ2) is 13.5. The molecular weight excluding hydrogens is 464 g/mol. The highest BCUT2D eigenvalue weighted by Crippen LogP contribution is 2.31. The quantitative estimate of drug-likeness (QED) is 0.130. The molecule has 1 saturated heterocycles. The predicted molar refractivity (Wildman–Crippen MR) is 145 cm³/mol. The molecular formula is C29H34N6O2. The number of hydrogen-bond donors (Lipinski definition) is 3. The fraction of sp³-hybridized carbons (Fsp3) is 0.310. The average molecular weight is 499 g/mol. The number of benzene rings is 3. The van der Waals surface area contributed by atoms with Crippen LogP contribution in [-0.2, 0) is 11.3 Å². The Morgan fingerprint density at radius 1 is 1.00 bits per heavy atom. The van der Waals surface area contributed by atoms with Crippen LogP contribution in [0.3, 0.4) is 0 Å². The Labute approximate surface area is 218 Å². The average Bonchev–Trinajstić information content (AvgIpc) is 2.93. The van der Waals surface area contributed by atoms with Crippen LogP contribution in [0.4, 0.5) is 0 Å². The number of hydrazine groups is 1. The van der Waals surface area contributed by atoms with E-state index in [1.54, 1.807) is 6.07 Å². The number of nitriles is 1. The third-order valence-corrected chi connectivity index (χ3v) is 6.52. The molecule has 1 heterocycles. The Balaban J connectivity index is 1.49. The molecule has 3 aromatic carbocycles. The van der Waals surface area contributed by atoms with Crippen molar-refractivity contribution in [3.63, 3.8) is 0 Å². The summed E-state index contributed by atoms with van der Waals surface area (Å²) in [5.74, 6) is 6.55. The lowest BCUT2D eigenvalue weighted by molar-refractivity contribution is 0.105. The van der Waals surface area contributed by atoms with Gasteiger partial charge in [0.15, 0.2) is 0 Å². The molecule has 8 nitrogen and oxygen atoms in total. The van der Waals surface area contributed by atoms with E-state index < -0.39 is 0 Å². The zero-order valence-electron chi connectivity index (χ0n) is 21.0. The molecule has 0 amide bonds. The van der Waals surface area contributed by atoms with Gasteiger partial charge in [0.2, 0.25) is 0 Å². The van der Waals surface area contributed by atoms with Crippen LogP contribution < -0.4 is 11.3 Å². The van der Waals surface area contributed by atoms with Crippen LogP contribution in [0, 0.1) is 11.3 Å². The number of rotatable bonds is 10. The van der Waals surface area contributed by atoms with Gasteiger partial charge in [0, 0.05) is 38.3 Å². The minimum absolute atomic E-state index is 0.0191. The molecule has 0 aromatic heterocycles. The lowest BCUT2D eigenvalue weighted by Gasteiger charge is -2.40. The summed E-state index contributed by atoms with van der Waals surface area (Å²) in [6.07, 6.45) is 0. The van der Waals surface area contributed by atoms with E-state index in [1.807, 2.05) is 30.3 Å². The van der Waals surface area contributed by atoms with E-state index in [9.17, 15) is 5.11 Å². The molecule has 0 spiro atoms. The minimum Gasteiger partial charge on any atom is -0.508 e. The molecule has 8 heteroatoms. The van der Waals surface area contributed by atoms with Crippen molar-refractivity contribution in [1.82, 2.24) is 15.2 Å². The fourth-order valence-electron chi connectivity index (χ4n) is 4.71. The Morgan fingerprint density at radius 3 is 2.43 bits per heavy atom. The van der Waals surface area contributed by atoms with Gasteiger partial charge >= 0.3 is 0 Å². The largest absolute Gasteiger partial charge is 0.508 e. The Hall–Kier alpha value is -3.74. The highest BCUT2D eigenvalue weighted by molar-refractivity contribution is 5.98. The predicted octanol–water partition coefficient (Wildman–Crippen LogP) is 3.05. The minimum atomic E-state index is 0.0191. The van der Waals surface area contributed by atoms with E-state index in [0.717, 1.165) is 49.4 Å². The van der Waals surface area contributed by atoms with E-state index in [4.69, 9.17) is 15.8 Å². The number of phenols is 1. The summed E-state index contributed by atoms with van der Waals surface area (Å²) in [4.78, 5) is 9.43. The van der Waals surface area contributed by atoms with E-state index in [1.165, 1.54) is 5.56 Å². The molecule has 1 aliphatic rings. The normalized spacial score (nSPS) is 15.7. The van der Waals surface area contributed by atoms with Gasteiger partial charge in [0.1, 0.15) is 18.2 Å². The maximum atomic E-state index is 10.2. The summed E-state index contributed by atoms with van der Waals surface area (Å²) in [7, 11) is 0. The number of hydrogen-bond acceptors (Lipinski definition) is 7. The second-order valence-electron chi connectivity index (χ2n) is 9.00. The van der Waals surface area contributed by atoms with Gasteiger partial charge in [-0.3, -0.25) is 14.8 Å². The number of aromatic hydroxyl groups is 1. The molecule has 1 unspecified atom stereocenters. The van der Waals surface area contributed by atoms with E-state index >= 15 is 0 Å². The Bertz CT molecular complexity index is 1190. The van der Waals surface area contributed by atoms with Crippen LogP contribution in [0.5, 0.6) is 5.75 Å². The highest BCUT2D eigenvalue weighted by Gasteiger charge is 2.27. The van der Waals surface area contributed by atoms with Crippen molar-refractivity contribution >= 4 is 5.84 Å². The first-order valence-electron chi connectivity index (χ1n) is 12.5. The van der Waals surface area contributed by atoms with Gasteiger partial charge in [0.25, 0.3) is 0 Å². The second-order valence-corrected chi connectivity index (χ2v) is 9.00. The number of nitrogens with zero attached hydrogens (tertiary/aromatic N) is 4. The SMILES string of the molecule is N#CCOCCN=C(NN)c1ccc(C(c2cccc(O)c2)N2CCN(Cc3ccccc3)CC2)cc1. The summed E-state index contributed by atoms with van der Waals surface area (Å²) in [6.45, 7) is 5.56. The van der Waals surface area contributed by atoms with Crippen molar-refractivity contribution in [2.24, 2.45) is 10.8 Å². The smallest absolute Gasteiger partial charge is 0.142 e. The molecule has 4 rings (SSSR count). The molecule has 1 atom stereocenters. The summed E-state index contributed by atoms with van der Waals surface area (Å²) in [5, 5.41) is 18.8. The van der Waals surface area contributed by atoms with Crippen molar-refractivity contribution in [3.8, 4) is 11.8 Å². The molecule has 0 radical (unpaired) electrons. The van der Waals surface area contributed by atoms with Gasteiger partial charge < -0.3 is 15.3 Å². The fourth-order valence-corrected chi connectivity index (χ4v) is 4.71. The van der Waals surface area contributed by atoms with Crippen LogP contribution in [0.25, 0.3) is 0 Å². The van der Waals surface area contributed by atoms with Gasteiger partial charge in [-0.15, -0.1) is 0 Å². The third-order valence-electron chi connectivity index (χ3n) is 6.52. The number of aliphatic imine (C=N–C) groups is 1. The molecule has 0 bridgehead atoms. The molecule has 0 saturated carbocycles. The van der Waals surface area contributed by atoms with Crippen LogP contribution in [0.2, 0.25) is 0 Å². The van der Waals surface area contributed by atoms with Crippen molar-refractivity contribution < 1.29 is 9.84 Å². The maximum Gasteiger partial charge on any atom is 0.142 e. The van der Waals surface area contributed by atoms with Crippen molar-refractivity contribution in [2.45, 2.75) is 12.6 Å². The number of amidine groups is 1. The van der Waals surface area contributed by atoms with Crippen LogP contribution in [-0.4, -0.2) is 66.7 Å². The standard InChI is InChI=1S/C29H34N6O2/c30-13-19-37-20-14-32-29(33-31)25-11-9-24(10-12-25)28(26-7-4-8-27(36)21-26)35-17-15-34(16-18-35)22-23-5-2-1-3-6-23/h1-12,21,28,36H,14-20,22,31H2,(H,32,33). The number of nitrogens with one attached hydrogen (secondary N) is 1. The summed E-state index contributed by atoms with van der Waals surface area (Å²) in [5.41, 5.74) is 7.07. The Morgan fingerprint density at radius 2 is 1.76 bits per heavy atom. The lowest BCUT2D eigenvalue weighted by atomic mass is 9.95. The number of nitrogens with two attached hydrogens (primary N) is 1. The number of phenolic OH excluding ortho intramolecular Hbond substituents is 1. The van der Waals surface area contributed by atoms with Gasteiger partial charge in [-0.2, -0.15) is 5.26 Å². The first kappa shape index (κ1) is 26.3. The van der Waals surface area contributed by atoms with Crippen LogP contribution in [0.1, 0.15) is 28.3 Å². The highest BCUT2D eigenvalue weighted by atomic mass is 16.5. The molecule has 192 valence electrons.